The van der Waals surface area contributed by atoms with E-state index in [4.69, 9.17) is 23.2 Å². The summed E-state index contributed by atoms with van der Waals surface area (Å²) >= 11 is 12.1. The van der Waals surface area contributed by atoms with E-state index < -0.39 is 0 Å². The summed E-state index contributed by atoms with van der Waals surface area (Å²) in [5.74, 6) is 0. The fraction of sp³-hybridized carbons (Fsp3) is 0.333. The van der Waals surface area contributed by atoms with Crippen LogP contribution in [0.15, 0.2) is 18.2 Å². The van der Waals surface area contributed by atoms with Gasteiger partial charge in [0.1, 0.15) is 0 Å². The topological polar surface area (TPSA) is 17.0 Å². The molecule has 4 heteroatoms. The third kappa shape index (κ3) is 1.45. The Bertz CT molecular complexity index is 560. The molecule has 2 nitrogen and oxygen atoms in total. The maximum Gasteiger partial charge on any atom is 0.0613 e. The molecule has 1 unspecified atom stereocenters. The minimum absolute atomic E-state index is 0.457. The summed E-state index contributed by atoms with van der Waals surface area (Å²) in [4.78, 5) is 0. The molecule has 3 rings (SSSR count). The fourth-order valence-electron chi connectivity index (χ4n) is 2.44. The highest BCUT2D eigenvalue weighted by Crippen LogP contribution is 2.32. The van der Waals surface area contributed by atoms with Crippen LogP contribution in [-0.4, -0.2) is 11.1 Å². The number of hydrogen-bond donors (Lipinski definition) is 1. The van der Waals surface area contributed by atoms with Crippen molar-refractivity contribution in [3.8, 4) is 0 Å². The minimum Gasteiger partial charge on any atom is -0.339 e. The van der Waals surface area contributed by atoms with E-state index in [1.54, 1.807) is 0 Å². The Morgan fingerprint density at radius 1 is 1.25 bits per heavy atom. The lowest BCUT2D eigenvalue weighted by Crippen LogP contribution is -2.30. The highest BCUT2D eigenvalue weighted by Gasteiger charge is 2.18. The lowest BCUT2D eigenvalue weighted by Gasteiger charge is -2.24. The summed E-state index contributed by atoms with van der Waals surface area (Å²) in [7, 11) is 0. The van der Waals surface area contributed by atoms with Crippen LogP contribution in [0, 0.1) is 0 Å². The van der Waals surface area contributed by atoms with Crippen molar-refractivity contribution in [3.05, 3.63) is 33.9 Å². The van der Waals surface area contributed by atoms with Gasteiger partial charge in [0.2, 0.25) is 0 Å². The summed E-state index contributed by atoms with van der Waals surface area (Å²) in [5.41, 5.74) is 2.48. The monoisotopic (exact) mass is 254 g/mol. The Labute approximate surface area is 104 Å². The number of nitrogens with one attached hydrogen (secondary N) is 1. The number of halogens is 2. The molecule has 2 aromatic rings. The molecular weight excluding hydrogens is 243 g/mol. The molecule has 1 aliphatic heterocycles. The van der Waals surface area contributed by atoms with Gasteiger partial charge >= 0.3 is 0 Å². The van der Waals surface area contributed by atoms with Gasteiger partial charge in [0.05, 0.1) is 15.6 Å². The molecule has 0 amide bonds. The molecule has 0 aliphatic carbocycles. The van der Waals surface area contributed by atoms with Crippen LogP contribution in [0.3, 0.4) is 0 Å². The van der Waals surface area contributed by atoms with Crippen LogP contribution < -0.4 is 5.32 Å². The van der Waals surface area contributed by atoms with Crippen molar-refractivity contribution in [2.75, 3.05) is 6.54 Å². The van der Waals surface area contributed by atoms with Crippen molar-refractivity contribution < 1.29 is 0 Å². The average Bonchev–Trinajstić information content (AvgIpc) is 2.58. The van der Waals surface area contributed by atoms with Crippen molar-refractivity contribution in [1.29, 1.82) is 0 Å². The van der Waals surface area contributed by atoms with Crippen LogP contribution in [0.5, 0.6) is 0 Å². The van der Waals surface area contributed by atoms with Crippen molar-refractivity contribution in [3.63, 3.8) is 0 Å². The molecule has 1 atom stereocenters. The first-order chi connectivity index (χ1) is 7.66. The lowest BCUT2D eigenvalue weighted by atomic mass is 10.2. The zero-order chi connectivity index (χ0) is 11.3. The molecule has 2 heterocycles. The van der Waals surface area contributed by atoms with Gasteiger partial charge in [-0.15, -0.1) is 0 Å². The number of nitrogens with zero attached hydrogens (tertiary/aromatic N) is 1. The van der Waals surface area contributed by atoms with E-state index in [1.807, 2.05) is 12.1 Å². The van der Waals surface area contributed by atoms with E-state index in [0.29, 0.717) is 16.1 Å². The van der Waals surface area contributed by atoms with Gasteiger partial charge in [-0.3, -0.25) is 0 Å². The van der Waals surface area contributed by atoms with E-state index in [-0.39, 0.29) is 0 Å². The van der Waals surface area contributed by atoms with Crippen molar-refractivity contribution in [2.24, 2.45) is 0 Å². The normalized spacial score (nSPS) is 20.1. The molecule has 16 heavy (non-hydrogen) atoms. The molecule has 1 aliphatic rings. The van der Waals surface area contributed by atoms with E-state index >= 15 is 0 Å². The standard InChI is InChI=1S/C12H12Cl2N2/c1-7-5-15-6-9-2-8-3-10(13)11(14)4-12(8)16(7)9/h2-4,7,15H,5-6H2,1H3. The zero-order valence-corrected chi connectivity index (χ0v) is 10.4. The maximum absolute atomic E-state index is 6.07. The van der Waals surface area contributed by atoms with Crippen molar-refractivity contribution >= 4 is 34.1 Å². The van der Waals surface area contributed by atoms with E-state index in [2.05, 4.69) is 22.9 Å². The number of fused-ring (bicyclic) bond motifs is 3. The van der Waals surface area contributed by atoms with Crippen LogP contribution in [0.4, 0.5) is 0 Å². The van der Waals surface area contributed by atoms with Gasteiger partial charge in [0.15, 0.2) is 0 Å². The summed E-state index contributed by atoms with van der Waals surface area (Å²) in [6.07, 6.45) is 0. The first-order valence-electron chi connectivity index (χ1n) is 5.36. The quantitative estimate of drug-likeness (QED) is 0.760. The van der Waals surface area contributed by atoms with E-state index in [0.717, 1.165) is 13.1 Å². The highest BCUT2D eigenvalue weighted by molar-refractivity contribution is 6.42. The van der Waals surface area contributed by atoms with Gasteiger partial charge in [0.25, 0.3) is 0 Å². The molecule has 0 radical (unpaired) electrons. The number of rotatable bonds is 0. The summed E-state index contributed by atoms with van der Waals surface area (Å²) < 4.78 is 2.34. The predicted molar refractivity (Wildman–Crippen MR) is 68.4 cm³/mol. The van der Waals surface area contributed by atoms with Gasteiger partial charge in [-0.25, -0.2) is 0 Å². The Morgan fingerprint density at radius 3 is 2.81 bits per heavy atom. The molecule has 1 aromatic carbocycles. The van der Waals surface area contributed by atoms with Crippen LogP contribution >= 0.6 is 23.2 Å². The Kier molecular flexibility index (Phi) is 2.39. The largest absolute Gasteiger partial charge is 0.339 e. The molecule has 0 bridgehead atoms. The number of hydrogen-bond acceptors (Lipinski definition) is 1. The minimum atomic E-state index is 0.457. The van der Waals surface area contributed by atoms with Crippen LogP contribution in [0.25, 0.3) is 10.9 Å². The van der Waals surface area contributed by atoms with Crippen molar-refractivity contribution in [1.82, 2.24) is 9.88 Å². The molecule has 1 N–H and O–H groups in total. The summed E-state index contributed by atoms with van der Waals surface area (Å²) in [6.45, 7) is 4.11. The highest BCUT2D eigenvalue weighted by atomic mass is 35.5. The predicted octanol–water partition coefficient (Wildman–Crippen LogP) is 3.61. The molecule has 0 fully saturated rings. The van der Waals surface area contributed by atoms with Crippen LogP contribution in [0.1, 0.15) is 18.7 Å². The summed E-state index contributed by atoms with van der Waals surface area (Å²) in [5, 5.41) is 5.81. The first-order valence-corrected chi connectivity index (χ1v) is 6.12. The third-order valence-electron chi connectivity index (χ3n) is 3.15. The van der Waals surface area contributed by atoms with Crippen LogP contribution in [-0.2, 0) is 6.54 Å². The third-order valence-corrected chi connectivity index (χ3v) is 3.87. The Morgan fingerprint density at radius 2 is 2.00 bits per heavy atom. The fourth-order valence-corrected chi connectivity index (χ4v) is 2.77. The van der Waals surface area contributed by atoms with E-state index in [9.17, 15) is 0 Å². The zero-order valence-electron chi connectivity index (χ0n) is 8.93. The second-order valence-electron chi connectivity index (χ2n) is 4.31. The van der Waals surface area contributed by atoms with Gasteiger partial charge in [0, 0.05) is 30.2 Å². The van der Waals surface area contributed by atoms with Crippen LogP contribution in [0.2, 0.25) is 10.0 Å². The molecule has 0 saturated carbocycles. The van der Waals surface area contributed by atoms with Gasteiger partial charge in [-0.1, -0.05) is 23.2 Å². The maximum atomic E-state index is 6.07. The summed E-state index contributed by atoms with van der Waals surface area (Å²) in [6, 6.07) is 6.54. The van der Waals surface area contributed by atoms with Gasteiger partial charge in [-0.05, 0) is 25.1 Å². The second kappa shape index (κ2) is 3.66. The molecule has 1 aromatic heterocycles. The molecule has 84 valence electrons. The second-order valence-corrected chi connectivity index (χ2v) is 5.13. The number of aromatic nitrogens is 1. The average molecular weight is 255 g/mol. The van der Waals surface area contributed by atoms with Gasteiger partial charge < -0.3 is 9.88 Å². The van der Waals surface area contributed by atoms with Crippen molar-refractivity contribution in [2.45, 2.75) is 19.5 Å². The smallest absolute Gasteiger partial charge is 0.0613 e. The van der Waals surface area contributed by atoms with Gasteiger partial charge in [-0.2, -0.15) is 0 Å². The van der Waals surface area contributed by atoms with E-state index in [1.165, 1.54) is 16.6 Å². The lowest BCUT2D eigenvalue weighted by molar-refractivity contribution is 0.439. The SMILES string of the molecule is CC1CNCc2cc3cc(Cl)c(Cl)cc3n21. The molecular formula is C12H12Cl2N2. The number of benzene rings is 1. The molecule has 0 spiro atoms. The molecule has 0 saturated heterocycles. The Hall–Kier alpha value is -0.700. The Balaban J connectivity index is 2.34. The first kappa shape index (κ1) is 10.5.